The minimum Gasteiger partial charge on any atom is -0.487 e. The minimum atomic E-state index is 0.481. The zero-order chi connectivity index (χ0) is 16.6. The molecule has 4 nitrogen and oxygen atoms in total. The molecule has 0 amide bonds. The van der Waals surface area contributed by atoms with Gasteiger partial charge in [-0.1, -0.05) is 48.0 Å². The maximum absolute atomic E-state index is 6.27. The Balaban J connectivity index is 1.60. The predicted octanol–water partition coefficient (Wildman–Crippen LogP) is 4.76. The Morgan fingerprint density at radius 3 is 2.62 bits per heavy atom. The molecular weight excluding hydrogens is 322 g/mol. The van der Waals surface area contributed by atoms with E-state index >= 15 is 0 Å². The van der Waals surface area contributed by atoms with E-state index in [2.05, 4.69) is 15.5 Å². The van der Waals surface area contributed by atoms with Crippen molar-refractivity contribution in [2.75, 3.05) is 5.43 Å². The molecule has 1 aromatic heterocycles. The van der Waals surface area contributed by atoms with Gasteiger partial charge in [0.15, 0.2) is 0 Å². The first-order valence-corrected chi connectivity index (χ1v) is 7.85. The van der Waals surface area contributed by atoms with Crippen molar-refractivity contribution in [1.29, 1.82) is 0 Å². The Kier molecular flexibility index (Phi) is 5.43. The van der Waals surface area contributed by atoms with Gasteiger partial charge in [-0.15, -0.1) is 0 Å². The van der Waals surface area contributed by atoms with E-state index in [1.165, 1.54) is 0 Å². The van der Waals surface area contributed by atoms with Gasteiger partial charge in [-0.05, 0) is 41.5 Å². The highest BCUT2D eigenvalue weighted by Crippen LogP contribution is 2.25. The zero-order valence-electron chi connectivity index (χ0n) is 12.9. The number of rotatable bonds is 6. The molecule has 0 spiro atoms. The Bertz CT molecular complexity index is 807. The van der Waals surface area contributed by atoms with Gasteiger partial charge in [0.2, 0.25) is 0 Å². The van der Waals surface area contributed by atoms with E-state index in [4.69, 9.17) is 16.3 Å². The number of halogens is 1. The maximum atomic E-state index is 6.27. The number of hydrazone groups is 1. The molecule has 0 fully saturated rings. The molecule has 0 aliphatic heterocycles. The Hall–Kier alpha value is -2.85. The van der Waals surface area contributed by atoms with Crippen molar-refractivity contribution in [3.8, 4) is 5.75 Å². The number of anilines is 1. The third kappa shape index (κ3) is 4.57. The number of hydrogen-bond acceptors (Lipinski definition) is 4. The van der Waals surface area contributed by atoms with Crippen LogP contribution < -0.4 is 10.2 Å². The number of aromatic nitrogens is 1. The molecule has 0 aliphatic carbocycles. The van der Waals surface area contributed by atoms with E-state index in [1.807, 2.05) is 66.7 Å². The first-order chi connectivity index (χ1) is 11.8. The lowest BCUT2D eigenvalue weighted by Crippen LogP contribution is -1.96. The van der Waals surface area contributed by atoms with Gasteiger partial charge in [0, 0.05) is 6.20 Å². The number of nitrogens with zero attached hydrogens (tertiary/aromatic N) is 2. The van der Waals surface area contributed by atoms with Crippen molar-refractivity contribution in [1.82, 2.24) is 4.98 Å². The van der Waals surface area contributed by atoms with Gasteiger partial charge in [-0.2, -0.15) is 5.10 Å². The predicted molar refractivity (Wildman–Crippen MR) is 97.7 cm³/mol. The van der Waals surface area contributed by atoms with Crippen LogP contribution in [0.1, 0.15) is 11.1 Å². The van der Waals surface area contributed by atoms with Crippen molar-refractivity contribution >= 4 is 23.6 Å². The second-order valence-electron chi connectivity index (χ2n) is 5.05. The van der Waals surface area contributed by atoms with Gasteiger partial charge in [0.1, 0.15) is 18.2 Å². The molecule has 0 radical (unpaired) electrons. The highest BCUT2D eigenvalue weighted by atomic mass is 35.5. The van der Waals surface area contributed by atoms with E-state index in [0.29, 0.717) is 23.2 Å². The number of hydrogen-bond donors (Lipinski definition) is 1. The zero-order valence-corrected chi connectivity index (χ0v) is 13.6. The van der Waals surface area contributed by atoms with Crippen molar-refractivity contribution in [2.45, 2.75) is 6.61 Å². The largest absolute Gasteiger partial charge is 0.487 e. The fourth-order valence-electron chi connectivity index (χ4n) is 2.05. The molecule has 120 valence electrons. The molecule has 0 unspecified atom stereocenters. The lowest BCUT2D eigenvalue weighted by atomic mass is 10.2. The summed E-state index contributed by atoms with van der Waals surface area (Å²) in [6.45, 7) is 0.481. The SMILES string of the molecule is Clc1cc(/C=N/Nc2ccccn2)ccc1OCc1ccccc1. The van der Waals surface area contributed by atoms with Crippen LogP contribution in [-0.2, 0) is 6.61 Å². The van der Waals surface area contributed by atoms with E-state index in [9.17, 15) is 0 Å². The topological polar surface area (TPSA) is 46.5 Å². The van der Waals surface area contributed by atoms with Crippen LogP contribution in [0, 0.1) is 0 Å². The first-order valence-electron chi connectivity index (χ1n) is 7.48. The van der Waals surface area contributed by atoms with Crippen LogP contribution in [0.2, 0.25) is 5.02 Å². The van der Waals surface area contributed by atoms with Gasteiger partial charge in [-0.3, -0.25) is 5.43 Å². The molecule has 3 rings (SSSR count). The van der Waals surface area contributed by atoms with Crippen LogP contribution in [0.3, 0.4) is 0 Å². The van der Waals surface area contributed by atoms with Gasteiger partial charge in [0.05, 0.1) is 11.2 Å². The smallest absolute Gasteiger partial charge is 0.146 e. The molecule has 1 N–H and O–H groups in total. The highest BCUT2D eigenvalue weighted by Gasteiger charge is 2.03. The van der Waals surface area contributed by atoms with Gasteiger partial charge >= 0.3 is 0 Å². The number of benzene rings is 2. The molecule has 0 bridgehead atoms. The molecular formula is C19H16ClN3O. The fourth-order valence-corrected chi connectivity index (χ4v) is 2.30. The molecule has 24 heavy (non-hydrogen) atoms. The summed E-state index contributed by atoms with van der Waals surface area (Å²) >= 11 is 6.27. The average molecular weight is 338 g/mol. The molecule has 0 saturated carbocycles. The summed E-state index contributed by atoms with van der Waals surface area (Å²) in [7, 11) is 0. The second-order valence-corrected chi connectivity index (χ2v) is 5.46. The number of ether oxygens (including phenoxy) is 1. The minimum absolute atomic E-state index is 0.481. The quantitative estimate of drug-likeness (QED) is 0.521. The Morgan fingerprint density at radius 1 is 1.04 bits per heavy atom. The monoisotopic (exact) mass is 337 g/mol. The molecule has 0 saturated heterocycles. The summed E-state index contributed by atoms with van der Waals surface area (Å²) < 4.78 is 5.75. The summed E-state index contributed by atoms with van der Waals surface area (Å²) in [6, 6.07) is 21.1. The Morgan fingerprint density at radius 2 is 1.88 bits per heavy atom. The van der Waals surface area contributed by atoms with E-state index in [0.717, 1.165) is 11.1 Å². The van der Waals surface area contributed by atoms with E-state index < -0.39 is 0 Å². The summed E-state index contributed by atoms with van der Waals surface area (Å²) in [5, 5.41) is 4.69. The first kappa shape index (κ1) is 16.0. The van der Waals surface area contributed by atoms with Crippen LogP contribution in [0.5, 0.6) is 5.75 Å². The van der Waals surface area contributed by atoms with Gasteiger partial charge < -0.3 is 4.74 Å². The van der Waals surface area contributed by atoms with E-state index in [1.54, 1.807) is 12.4 Å². The molecule has 5 heteroatoms. The van der Waals surface area contributed by atoms with Crippen LogP contribution in [-0.4, -0.2) is 11.2 Å². The van der Waals surface area contributed by atoms with Crippen molar-refractivity contribution < 1.29 is 4.74 Å². The Labute approximate surface area is 145 Å². The number of nitrogens with one attached hydrogen (secondary N) is 1. The van der Waals surface area contributed by atoms with Crippen LogP contribution in [0.15, 0.2) is 78.0 Å². The molecule has 2 aromatic carbocycles. The molecule has 0 atom stereocenters. The standard InChI is InChI=1S/C19H16ClN3O/c20-17-12-16(13-22-23-19-8-4-5-11-21-19)9-10-18(17)24-14-15-6-2-1-3-7-15/h1-13H,14H2,(H,21,23)/b22-13+. The molecule has 0 aliphatic rings. The van der Waals surface area contributed by atoms with Gasteiger partial charge in [-0.25, -0.2) is 4.98 Å². The van der Waals surface area contributed by atoms with Crippen molar-refractivity contribution in [2.24, 2.45) is 5.10 Å². The average Bonchev–Trinajstić information content (AvgIpc) is 2.63. The summed E-state index contributed by atoms with van der Waals surface area (Å²) in [5.74, 6) is 1.33. The van der Waals surface area contributed by atoms with Crippen LogP contribution in [0.25, 0.3) is 0 Å². The lowest BCUT2D eigenvalue weighted by molar-refractivity contribution is 0.306. The van der Waals surface area contributed by atoms with Gasteiger partial charge in [0.25, 0.3) is 0 Å². The summed E-state index contributed by atoms with van der Waals surface area (Å²) in [4.78, 5) is 4.12. The van der Waals surface area contributed by atoms with Crippen molar-refractivity contribution in [3.05, 3.63) is 89.1 Å². The summed E-state index contributed by atoms with van der Waals surface area (Å²) in [6.07, 6.45) is 3.38. The normalized spacial score (nSPS) is 10.7. The summed E-state index contributed by atoms with van der Waals surface area (Å²) in [5.41, 5.74) is 4.82. The highest BCUT2D eigenvalue weighted by molar-refractivity contribution is 6.32. The van der Waals surface area contributed by atoms with Crippen molar-refractivity contribution in [3.63, 3.8) is 0 Å². The number of pyridine rings is 1. The van der Waals surface area contributed by atoms with Crippen LogP contribution >= 0.6 is 11.6 Å². The third-order valence-electron chi connectivity index (χ3n) is 3.25. The fraction of sp³-hybridized carbons (Fsp3) is 0.0526. The lowest BCUT2D eigenvalue weighted by Gasteiger charge is -2.08. The van der Waals surface area contributed by atoms with E-state index in [-0.39, 0.29) is 0 Å². The maximum Gasteiger partial charge on any atom is 0.146 e. The van der Waals surface area contributed by atoms with Crippen LogP contribution in [0.4, 0.5) is 5.82 Å². The second kappa shape index (κ2) is 8.13. The molecule has 3 aromatic rings. The molecule has 1 heterocycles. The third-order valence-corrected chi connectivity index (χ3v) is 3.55.